The lowest BCUT2D eigenvalue weighted by atomic mass is 9.96. The van der Waals surface area contributed by atoms with Crippen molar-refractivity contribution in [3.8, 4) is 21.9 Å². The molecule has 0 bridgehead atoms. The van der Waals surface area contributed by atoms with Crippen molar-refractivity contribution in [3.05, 3.63) is 119 Å². The maximum Gasteiger partial charge on any atom is 0.121 e. The van der Waals surface area contributed by atoms with Crippen LogP contribution in [0.5, 0.6) is 11.5 Å². The highest BCUT2D eigenvalue weighted by atomic mass is 32.1. The summed E-state index contributed by atoms with van der Waals surface area (Å²) in [7, 11) is 0. The first-order valence-corrected chi connectivity index (χ1v) is 15.4. The van der Waals surface area contributed by atoms with E-state index in [1.54, 1.807) is 0 Å². The molecule has 0 unspecified atom stereocenters. The molecule has 0 radical (unpaired) electrons. The number of benzene rings is 4. The zero-order valence-electron chi connectivity index (χ0n) is 23.8. The molecule has 4 nitrogen and oxygen atoms in total. The number of nitrogens with zero attached hydrogens (tertiary/aromatic N) is 1. The third kappa shape index (κ3) is 6.65. The van der Waals surface area contributed by atoms with Crippen molar-refractivity contribution in [3.63, 3.8) is 0 Å². The number of thiophene rings is 1. The molecule has 5 aromatic rings. The molecule has 2 heterocycles. The maximum absolute atomic E-state index is 6.18. The van der Waals surface area contributed by atoms with Gasteiger partial charge in [0, 0.05) is 22.7 Å². The lowest BCUT2D eigenvalue weighted by Crippen LogP contribution is -2.25. The van der Waals surface area contributed by atoms with E-state index in [1.165, 1.54) is 74.3 Å². The molecule has 1 aliphatic rings. The van der Waals surface area contributed by atoms with E-state index < -0.39 is 0 Å². The van der Waals surface area contributed by atoms with Crippen molar-refractivity contribution in [2.24, 2.45) is 5.73 Å². The molecule has 41 heavy (non-hydrogen) atoms. The Morgan fingerprint density at radius 1 is 0.805 bits per heavy atom. The van der Waals surface area contributed by atoms with Gasteiger partial charge in [-0.05, 0) is 121 Å². The monoisotopic (exact) mass is 562 g/mol. The van der Waals surface area contributed by atoms with Crippen molar-refractivity contribution in [1.82, 2.24) is 4.90 Å². The lowest BCUT2D eigenvalue weighted by Gasteiger charge is -2.15. The second-order valence-corrected chi connectivity index (χ2v) is 12.0. The molecular formula is C36H38N2O2S. The molecule has 0 amide bonds. The van der Waals surface area contributed by atoms with Crippen molar-refractivity contribution in [2.75, 3.05) is 26.2 Å². The predicted octanol–water partition coefficient (Wildman–Crippen LogP) is 7.98. The second-order valence-electron chi connectivity index (χ2n) is 10.9. The Bertz CT molecular complexity index is 1590. The van der Waals surface area contributed by atoms with Crippen LogP contribution in [-0.4, -0.2) is 31.1 Å². The van der Waals surface area contributed by atoms with E-state index in [0.29, 0.717) is 13.2 Å². The van der Waals surface area contributed by atoms with Gasteiger partial charge in [-0.2, -0.15) is 0 Å². The van der Waals surface area contributed by atoms with Crippen LogP contribution >= 0.6 is 11.3 Å². The van der Waals surface area contributed by atoms with Gasteiger partial charge in [0.25, 0.3) is 0 Å². The molecule has 4 aromatic carbocycles. The highest BCUT2D eigenvalue weighted by molar-refractivity contribution is 7.22. The fourth-order valence-electron chi connectivity index (χ4n) is 5.67. The minimum absolute atomic E-state index is 0.559. The first-order valence-electron chi connectivity index (χ1n) is 14.6. The Morgan fingerprint density at radius 3 is 2.34 bits per heavy atom. The molecule has 210 valence electrons. The summed E-state index contributed by atoms with van der Waals surface area (Å²) in [6.07, 6.45) is 3.48. The van der Waals surface area contributed by atoms with Crippen LogP contribution in [0, 0.1) is 6.92 Å². The van der Waals surface area contributed by atoms with Crippen LogP contribution in [0.2, 0.25) is 0 Å². The molecule has 1 aromatic heterocycles. The van der Waals surface area contributed by atoms with Crippen molar-refractivity contribution in [1.29, 1.82) is 0 Å². The molecule has 5 heteroatoms. The highest BCUT2D eigenvalue weighted by Gasteiger charge is 2.17. The Hall–Kier alpha value is -3.64. The zero-order valence-corrected chi connectivity index (χ0v) is 24.6. The van der Waals surface area contributed by atoms with Crippen LogP contribution in [-0.2, 0) is 19.6 Å². The maximum atomic E-state index is 6.18. The Kier molecular flexibility index (Phi) is 8.66. The number of likely N-dealkylation sites (tertiary alicyclic amines) is 1. The van der Waals surface area contributed by atoms with Crippen molar-refractivity contribution in [2.45, 2.75) is 39.3 Å². The molecule has 0 atom stereocenters. The van der Waals surface area contributed by atoms with Gasteiger partial charge < -0.3 is 15.2 Å². The topological polar surface area (TPSA) is 47.7 Å². The van der Waals surface area contributed by atoms with Crippen molar-refractivity contribution >= 4 is 21.4 Å². The SMILES string of the molecule is Cc1cc(Cc2c(-c3ccc(OCCN4CCCC4)cc3)sc3cc(OCc4ccccc4)ccc23)ccc1CN. The van der Waals surface area contributed by atoms with Gasteiger partial charge in [-0.3, -0.25) is 4.90 Å². The quantitative estimate of drug-likeness (QED) is 0.177. The minimum atomic E-state index is 0.559. The number of fused-ring (bicyclic) bond motifs is 1. The predicted molar refractivity (Wildman–Crippen MR) is 171 cm³/mol. The average Bonchev–Trinajstić information content (AvgIpc) is 3.65. The molecule has 6 rings (SSSR count). The third-order valence-electron chi connectivity index (χ3n) is 8.01. The molecular weight excluding hydrogens is 524 g/mol. The van der Waals surface area contributed by atoms with Crippen LogP contribution in [0.1, 0.15) is 40.7 Å². The molecule has 0 saturated carbocycles. The van der Waals surface area contributed by atoms with Gasteiger partial charge in [-0.15, -0.1) is 11.3 Å². The molecule has 0 aliphatic carbocycles. The summed E-state index contributed by atoms with van der Waals surface area (Å²) in [4.78, 5) is 3.78. The summed E-state index contributed by atoms with van der Waals surface area (Å²) < 4.78 is 13.5. The fraction of sp³-hybridized carbons (Fsp3) is 0.278. The molecule has 2 N–H and O–H groups in total. The Balaban J connectivity index is 1.27. The third-order valence-corrected chi connectivity index (χ3v) is 9.26. The van der Waals surface area contributed by atoms with Crippen LogP contribution in [0.25, 0.3) is 20.5 Å². The Morgan fingerprint density at radius 2 is 1.59 bits per heavy atom. The number of rotatable bonds is 11. The fourth-order valence-corrected chi connectivity index (χ4v) is 6.93. The highest BCUT2D eigenvalue weighted by Crippen LogP contribution is 2.42. The average molecular weight is 563 g/mol. The van der Waals surface area contributed by atoms with Crippen LogP contribution in [0.4, 0.5) is 0 Å². The largest absolute Gasteiger partial charge is 0.492 e. The summed E-state index contributed by atoms with van der Waals surface area (Å²) in [6, 6.07) is 32.1. The minimum Gasteiger partial charge on any atom is -0.492 e. The first-order chi connectivity index (χ1) is 20.2. The van der Waals surface area contributed by atoms with E-state index >= 15 is 0 Å². The van der Waals surface area contributed by atoms with Gasteiger partial charge in [0.1, 0.15) is 24.7 Å². The smallest absolute Gasteiger partial charge is 0.121 e. The van der Waals surface area contributed by atoms with E-state index in [0.717, 1.165) is 31.1 Å². The second kappa shape index (κ2) is 12.9. The first kappa shape index (κ1) is 27.5. The van der Waals surface area contributed by atoms with Gasteiger partial charge in [-0.1, -0.05) is 48.5 Å². The van der Waals surface area contributed by atoms with E-state index in [9.17, 15) is 0 Å². The summed E-state index contributed by atoms with van der Waals surface area (Å²) >= 11 is 1.84. The molecule has 1 aliphatic heterocycles. The molecule has 1 saturated heterocycles. The van der Waals surface area contributed by atoms with Crippen LogP contribution in [0.15, 0.2) is 91.0 Å². The summed E-state index contributed by atoms with van der Waals surface area (Å²) in [5.74, 6) is 1.82. The number of hydrogen-bond acceptors (Lipinski definition) is 5. The molecule has 1 fully saturated rings. The van der Waals surface area contributed by atoms with E-state index in [4.69, 9.17) is 15.2 Å². The van der Waals surface area contributed by atoms with Gasteiger partial charge in [0.05, 0.1) is 0 Å². The zero-order chi connectivity index (χ0) is 28.0. The number of hydrogen-bond donors (Lipinski definition) is 1. The number of aryl methyl sites for hydroxylation is 1. The van der Waals surface area contributed by atoms with E-state index in [1.807, 2.05) is 29.5 Å². The number of nitrogens with two attached hydrogens (primary N) is 1. The van der Waals surface area contributed by atoms with Crippen LogP contribution in [0.3, 0.4) is 0 Å². The summed E-state index contributed by atoms with van der Waals surface area (Å²) in [5, 5.41) is 1.28. The van der Waals surface area contributed by atoms with Gasteiger partial charge in [-0.25, -0.2) is 0 Å². The number of ether oxygens (including phenoxy) is 2. The Labute approximate surface area is 247 Å². The summed E-state index contributed by atoms with van der Waals surface area (Å²) in [5.41, 5.74) is 13.4. The van der Waals surface area contributed by atoms with E-state index in [-0.39, 0.29) is 0 Å². The van der Waals surface area contributed by atoms with Crippen molar-refractivity contribution < 1.29 is 9.47 Å². The van der Waals surface area contributed by atoms with Gasteiger partial charge in [0.15, 0.2) is 0 Å². The normalized spacial score (nSPS) is 13.6. The van der Waals surface area contributed by atoms with E-state index in [2.05, 4.69) is 84.6 Å². The standard InChI is InChI=1S/C36H38N2O2S/c1-26-21-28(9-10-30(26)24-37)22-34-33-16-15-32(40-25-27-7-3-2-4-8-27)23-35(33)41-36(34)29-11-13-31(14-12-29)39-20-19-38-17-5-6-18-38/h2-4,7-16,21,23H,5-6,17-20,22,24-25,37H2,1H3. The van der Waals surface area contributed by atoms with Gasteiger partial charge >= 0.3 is 0 Å². The summed E-state index contributed by atoms with van der Waals surface area (Å²) in [6.45, 7) is 7.41. The van der Waals surface area contributed by atoms with Crippen LogP contribution < -0.4 is 15.2 Å². The molecule has 0 spiro atoms. The van der Waals surface area contributed by atoms with Gasteiger partial charge in [0.2, 0.25) is 0 Å². The lowest BCUT2D eigenvalue weighted by molar-refractivity contribution is 0.238.